The Kier molecular flexibility index (Phi) is 6.36. The first-order valence-electron chi connectivity index (χ1n) is 8.37. The number of anilines is 1. The van der Waals surface area contributed by atoms with Gasteiger partial charge in [0, 0.05) is 5.69 Å². The van der Waals surface area contributed by atoms with E-state index in [-0.39, 0.29) is 6.54 Å². The number of amides is 2. The molecule has 1 heterocycles. The van der Waals surface area contributed by atoms with Crippen molar-refractivity contribution >= 4 is 17.5 Å². The minimum absolute atomic E-state index is 0.136. The number of unbranched alkanes of at least 4 members (excludes halogenated alkanes) is 1. The Labute approximate surface area is 147 Å². The first-order chi connectivity index (χ1) is 11.9. The minimum Gasteiger partial charge on any atom is -0.466 e. The van der Waals surface area contributed by atoms with Crippen molar-refractivity contribution in [3.63, 3.8) is 0 Å². The zero-order valence-electron chi connectivity index (χ0n) is 14.5. The molecule has 0 aliphatic carbocycles. The van der Waals surface area contributed by atoms with E-state index in [0.29, 0.717) is 11.4 Å². The number of carbonyl (C=O) groups is 2. The highest BCUT2D eigenvalue weighted by Gasteiger charge is 2.28. The summed E-state index contributed by atoms with van der Waals surface area (Å²) < 4.78 is 5.12. The third kappa shape index (κ3) is 5.46. The lowest BCUT2D eigenvalue weighted by Gasteiger charge is -2.20. The highest BCUT2D eigenvalue weighted by molar-refractivity contribution is 6.39. The zero-order valence-corrected chi connectivity index (χ0v) is 14.5. The number of hydrogen-bond donors (Lipinski definition) is 3. The molecular formula is C19H24N2O4. The number of carbonyl (C=O) groups excluding carboxylic acids is 2. The summed E-state index contributed by atoms with van der Waals surface area (Å²) in [6.45, 7) is 3.50. The van der Waals surface area contributed by atoms with E-state index < -0.39 is 17.4 Å². The molecule has 2 rings (SSSR count). The predicted octanol–water partition coefficient (Wildman–Crippen LogP) is 2.58. The SMILES string of the molecule is CCCCc1ccc(NC(=O)C(=O)NCC(C)(O)c2ccco2)cc1. The van der Waals surface area contributed by atoms with Crippen LogP contribution in [0.5, 0.6) is 0 Å². The van der Waals surface area contributed by atoms with Crippen LogP contribution in [-0.2, 0) is 21.6 Å². The van der Waals surface area contributed by atoms with Crippen molar-refractivity contribution in [3.8, 4) is 0 Å². The second-order valence-electron chi connectivity index (χ2n) is 6.19. The molecule has 0 fully saturated rings. The summed E-state index contributed by atoms with van der Waals surface area (Å²) in [5.41, 5.74) is 0.359. The number of furan rings is 1. The predicted molar refractivity (Wildman–Crippen MR) is 95.0 cm³/mol. The molecule has 2 amide bonds. The molecule has 1 aromatic heterocycles. The van der Waals surface area contributed by atoms with Gasteiger partial charge in [-0.05, 0) is 49.6 Å². The Morgan fingerprint density at radius 1 is 1.16 bits per heavy atom. The molecule has 0 saturated heterocycles. The second-order valence-corrected chi connectivity index (χ2v) is 6.19. The Morgan fingerprint density at radius 2 is 1.88 bits per heavy atom. The molecule has 1 atom stereocenters. The molecule has 1 aromatic carbocycles. The average molecular weight is 344 g/mol. The lowest BCUT2D eigenvalue weighted by atomic mass is 10.0. The fourth-order valence-corrected chi connectivity index (χ4v) is 2.33. The topological polar surface area (TPSA) is 91.6 Å². The lowest BCUT2D eigenvalue weighted by molar-refractivity contribution is -0.136. The van der Waals surface area contributed by atoms with E-state index in [2.05, 4.69) is 17.6 Å². The Morgan fingerprint density at radius 3 is 2.48 bits per heavy atom. The Balaban J connectivity index is 1.85. The molecular weight excluding hydrogens is 320 g/mol. The van der Waals surface area contributed by atoms with Gasteiger partial charge in [-0.2, -0.15) is 0 Å². The number of aryl methyl sites for hydroxylation is 1. The number of nitrogens with one attached hydrogen (secondary N) is 2. The van der Waals surface area contributed by atoms with E-state index in [1.807, 2.05) is 12.1 Å². The van der Waals surface area contributed by atoms with Gasteiger partial charge in [0.05, 0.1) is 12.8 Å². The van der Waals surface area contributed by atoms with Crippen LogP contribution >= 0.6 is 0 Å². The lowest BCUT2D eigenvalue weighted by Crippen LogP contribution is -2.43. The van der Waals surface area contributed by atoms with Crippen LogP contribution in [0.3, 0.4) is 0 Å². The summed E-state index contributed by atoms with van der Waals surface area (Å²) in [6, 6.07) is 10.7. The van der Waals surface area contributed by atoms with Crippen LogP contribution in [0.25, 0.3) is 0 Å². The van der Waals surface area contributed by atoms with Gasteiger partial charge in [-0.25, -0.2) is 0 Å². The summed E-state index contributed by atoms with van der Waals surface area (Å²) >= 11 is 0. The summed E-state index contributed by atoms with van der Waals surface area (Å²) in [7, 11) is 0. The second kappa shape index (κ2) is 8.48. The molecule has 25 heavy (non-hydrogen) atoms. The summed E-state index contributed by atoms with van der Waals surface area (Å²) in [6.07, 6.45) is 4.67. The van der Waals surface area contributed by atoms with Crippen molar-refractivity contribution in [1.82, 2.24) is 5.32 Å². The fraction of sp³-hybridized carbons (Fsp3) is 0.368. The van der Waals surface area contributed by atoms with Crippen LogP contribution in [0.1, 0.15) is 38.0 Å². The summed E-state index contributed by atoms with van der Waals surface area (Å²) in [5, 5.41) is 15.2. The van der Waals surface area contributed by atoms with Gasteiger partial charge in [0.25, 0.3) is 0 Å². The average Bonchev–Trinajstić information content (AvgIpc) is 3.14. The highest BCUT2D eigenvalue weighted by atomic mass is 16.4. The van der Waals surface area contributed by atoms with Gasteiger partial charge in [0.2, 0.25) is 0 Å². The molecule has 0 spiro atoms. The summed E-state index contributed by atoms with van der Waals surface area (Å²) in [5.74, 6) is -1.28. The van der Waals surface area contributed by atoms with Crippen LogP contribution in [-0.4, -0.2) is 23.5 Å². The standard InChI is InChI=1S/C19H24N2O4/c1-3-4-6-14-8-10-15(11-9-14)21-18(23)17(22)20-13-19(2,24)16-7-5-12-25-16/h5,7-12,24H,3-4,6,13H2,1-2H3,(H,20,22)(H,21,23). The maximum Gasteiger partial charge on any atom is 0.313 e. The van der Waals surface area contributed by atoms with E-state index >= 15 is 0 Å². The third-order valence-corrected chi connectivity index (χ3v) is 3.88. The fourth-order valence-electron chi connectivity index (χ4n) is 2.33. The van der Waals surface area contributed by atoms with E-state index in [4.69, 9.17) is 4.42 Å². The van der Waals surface area contributed by atoms with Crippen LogP contribution in [0.4, 0.5) is 5.69 Å². The number of hydrogen-bond acceptors (Lipinski definition) is 4. The number of aliphatic hydroxyl groups is 1. The Bertz CT molecular complexity index is 691. The normalized spacial score (nSPS) is 13.1. The monoisotopic (exact) mass is 344 g/mol. The van der Waals surface area contributed by atoms with Gasteiger partial charge >= 0.3 is 11.8 Å². The molecule has 3 N–H and O–H groups in total. The van der Waals surface area contributed by atoms with E-state index in [9.17, 15) is 14.7 Å². The molecule has 1 unspecified atom stereocenters. The minimum atomic E-state index is -1.39. The van der Waals surface area contributed by atoms with E-state index in [1.165, 1.54) is 18.8 Å². The van der Waals surface area contributed by atoms with Crippen molar-refractivity contribution in [2.45, 2.75) is 38.7 Å². The number of rotatable bonds is 7. The van der Waals surface area contributed by atoms with Gasteiger partial charge in [-0.3, -0.25) is 9.59 Å². The van der Waals surface area contributed by atoms with Gasteiger partial charge in [-0.15, -0.1) is 0 Å². The van der Waals surface area contributed by atoms with Gasteiger partial charge in [0.15, 0.2) is 0 Å². The van der Waals surface area contributed by atoms with Crippen molar-refractivity contribution in [2.75, 3.05) is 11.9 Å². The smallest absolute Gasteiger partial charge is 0.313 e. The molecule has 0 aliphatic rings. The van der Waals surface area contributed by atoms with Crippen LogP contribution in [0, 0.1) is 0 Å². The molecule has 0 radical (unpaired) electrons. The van der Waals surface area contributed by atoms with E-state index in [0.717, 1.165) is 19.3 Å². The molecule has 6 heteroatoms. The molecule has 0 aliphatic heterocycles. The van der Waals surface area contributed by atoms with Crippen molar-refractivity contribution in [1.29, 1.82) is 0 Å². The maximum atomic E-state index is 11.9. The Hall–Kier alpha value is -2.60. The number of benzene rings is 1. The van der Waals surface area contributed by atoms with Crippen LogP contribution < -0.4 is 10.6 Å². The molecule has 6 nitrogen and oxygen atoms in total. The third-order valence-electron chi connectivity index (χ3n) is 3.88. The van der Waals surface area contributed by atoms with Crippen LogP contribution in [0.15, 0.2) is 47.1 Å². The first kappa shape index (κ1) is 18.7. The maximum absolute atomic E-state index is 11.9. The van der Waals surface area contributed by atoms with Gasteiger partial charge in [-0.1, -0.05) is 25.5 Å². The van der Waals surface area contributed by atoms with Crippen LogP contribution in [0.2, 0.25) is 0 Å². The largest absolute Gasteiger partial charge is 0.466 e. The molecule has 0 bridgehead atoms. The van der Waals surface area contributed by atoms with Crippen molar-refractivity contribution < 1.29 is 19.1 Å². The highest BCUT2D eigenvalue weighted by Crippen LogP contribution is 2.19. The summed E-state index contributed by atoms with van der Waals surface area (Å²) in [4.78, 5) is 23.9. The van der Waals surface area contributed by atoms with E-state index in [1.54, 1.807) is 24.3 Å². The molecule has 0 saturated carbocycles. The van der Waals surface area contributed by atoms with Gasteiger partial charge < -0.3 is 20.2 Å². The first-order valence-corrected chi connectivity index (χ1v) is 8.37. The van der Waals surface area contributed by atoms with Gasteiger partial charge in [0.1, 0.15) is 11.4 Å². The quantitative estimate of drug-likeness (QED) is 0.673. The molecule has 134 valence electrons. The molecule has 2 aromatic rings. The van der Waals surface area contributed by atoms with Crippen molar-refractivity contribution in [2.24, 2.45) is 0 Å². The van der Waals surface area contributed by atoms with Crippen molar-refractivity contribution in [3.05, 3.63) is 54.0 Å². The zero-order chi connectivity index (χ0) is 18.3.